The van der Waals surface area contributed by atoms with Gasteiger partial charge >= 0.3 is 0 Å². The van der Waals surface area contributed by atoms with Gasteiger partial charge in [0.05, 0.1) is 12.4 Å². The van der Waals surface area contributed by atoms with Crippen molar-refractivity contribution in [1.82, 2.24) is 9.21 Å². The molecule has 1 heterocycles. The first-order valence-corrected chi connectivity index (χ1v) is 8.75. The van der Waals surface area contributed by atoms with Crippen LogP contribution < -0.4 is 0 Å². The first-order chi connectivity index (χ1) is 8.92. The van der Waals surface area contributed by atoms with Crippen molar-refractivity contribution in [2.75, 3.05) is 39.1 Å². The Labute approximate surface area is 118 Å². The van der Waals surface area contributed by atoms with E-state index in [1.54, 1.807) is 11.4 Å². The van der Waals surface area contributed by atoms with Crippen molar-refractivity contribution in [3.8, 4) is 0 Å². The molecule has 5 nitrogen and oxygen atoms in total. The highest BCUT2D eigenvalue weighted by molar-refractivity contribution is 7.89. The van der Waals surface area contributed by atoms with E-state index in [0.717, 1.165) is 19.4 Å². The lowest BCUT2D eigenvalue weighted by Crippen LogP contribution is -2.58. The van der Waals surface area contributed by atoms with Crippen LogP contribution in [0.1, 0.15) is 33.6 Å². The zero-order valence-corrected chi connectivity index (χ0v) is 13.4. The van der Waals surface area contributed by atoms with Crippen molar-refractivity contribution in [3.05, 3.63) is 0 Å². The third-order valence-corrected chi connectivity index (χ3v) is 5.66. The Kier molecular flexibility index (Phi) is 6.73. The lowest BCUT2D eigenvalue weighted by molar-refractivity contribution is 0.0496. The molecular weight excluding hydrogens is 264 g/mol. The number of sulfonamides is 1. The summed E-state index contributed by atoms with van der Waals surface area (Å²) in [6.07, 6.45) is 1.66. The lowest BCUT2D eigenvalue weighted by Gasteiger charge is -2.43. The zero-order valence-electron chi connectivity index (χ0n) is 12.6. The van der Waals surface area contributed by atoms with Gasteiger partial charge < -0.3 is 4.74 Å². The second-order valence-electron chi connectivity index (χ2n) is 5.42. The molecule has 0 saturated carbocycles. The summed E-state index contributed by atoms with van der Waals surface area (Å²) in [6.45, 7) is 8.95. The second kappa shape index (κ2) is 7.57. The normalized spacial score (nSPS) is 26.7. The van der Waals surface area contributed by atoms with Crippen LogP contribution in [0.15, 0.2) is 0 Å². The van der Waals surface area contributed by atoms with Gasteiger partial charge in [-0.1, -0.05) is 13.3 Å². The van der Waals surface area contributed by atoms with Gasteiger partial charge in [0.25, 0.3) is 0 Å². The molecule has 2 unspecified atom stereocenters. The van der Waals surface area contributed by atoms with Crippen molar-refractivity contribution in [3.63, 3.8) is 0 Å². The molecule has 0 aromatic heterocycles. The standard InChI is InChI=1S/C13H28N2O3S/c1-5-6-9-19(16,17)14-10-12(2)15(7-8-18-4)13(3)11-14/h12-13H,5-11H2,1-4H3. The van der Waals surface area contributed by atoms with Crippen LogP contribution in [0.5, 0.6) is 0 Å². The minimum atomic E-state index is -3.08. The van der Waals surface area contributed by atoms with Crippen molar-refractivity contribution >= 4 is 10.0 Å². The Hall–Kier alpha value is -0.170. The van der Waals surface area contributed by atoms with E-state index in [9.17, 15) is 8.42 Å². The molecule has 1 aliphatic rings. The van der Waals surface area contributed by atoms with E-state index in [1.807, 2.05) is 6.92 Å². The summed E-state index contributed by atoms with van der Waals surface area (Å²) in [5, 5.41) is 0. The number of methoxy groups -OCH3 is 1. The quantitative estimate of drug-likeness (QED) is 0.706. The van der Waals surface area contributed by atoms with Crippen LogP contribution in [0.3, 0.4) is 0 Å². The Balaban J connectivity index is 2.63. The minimum Gasteiger partial charge on any atom is -0.383 e. The Morgan fingerprint density at radius 1 is 1.21 bits per heavy atom. The molecule has 6 heteroatoms. The molecule has 0 aliphatic carbocycles. The lowest BCUT2D eigenvalue weighted by atomic mass is 10.1. The van der Waals surface area contributed by atoms with Gasteiger partial charge in [-0.15, -0.1) is 0 Å². The highest BCUT2D eigenvalue weighted by Gasteiger charge is 2.34. The van der Waals surface area contributed by atoms with Gasteiger partial charge in [0.15, 0.2) is 0 Å². The van der Waals surface area contributed by atoms with Gasteiger partial charge in [0.1, 0.15) is 0 Å². The number of hydrogen-bond donors (Lipinski definition) is 0. The van der Waals surface area contributed by atoms with Gasteiger partial charge in [0.2, 0.25) is 10.0 Å². The molecule has 19 heavy (non-hydrogen) atoms. The van der Waals surface area contributed by atoms with E-state index >= 15 is 0 Å². The van der Waals surface area contributed by atoms with Gasteiger partial charge in [-0.2, -0.15) is 4.31 Å². The predicted molar refractivity (Wildman–Crippen MR) is 77.8 cm³/mol. The highest BCUT2D eigenvalue weighted by atomic mass is 32.2. The van der Waals surface area contributed by atoms with E-state index < -0.39 is 10.0 Å². The fourth-order valence-corrected chi connectivity index (χ4v) is 4.43. The SMILES string of the molecule is CCCCS(=O)(=O)N1CC(C)N(CCOC)C(C)C1. The molecule has 1 saturated heterocycles. The molecule has 1 rings (SSSR count). The summed E-state index contributed by atoms with van der Waals surface area (Å²) in [6, 6.07) is 0.491. The third kappa shape index (κ3) is 4.70. The molecule has 2 atom stereocenters. The van der Waals surface area contributed by atoms with Crippen LogP contribution in [0.4, 0.5) is 0 Å². The van der Waals surface area contributed by atoms with Crippen LogP contribution in [-0.4, -0.2) is 68.8 Å². The molecule has 0 aromatic rings. The number of unbranched alkanes of at least 4 members (excludes halogenated alkanes) is 1. The Bertz CT molecular complexity index is 347. The maximum absolute atomic E-state index is 12.2. The van der Waals surface area contributed by atoms with E-state index in [1.165, 1.54) is 0 Å². The molecule has 0 N–H and O–H groups in total. The van der Waals surface area contributed by atoms with E-state index in [2.05, 4.69) is 18.7 Å². The third-order valence-electron chi connectivity index (χ3n) is 3.77. The molecule has 0 spiro atoms. The largest absolute Gasteiger partial charge is 0.383 e. The van der Waals surface area contributed by atoms with Gasteiger partial charge in [-0.25, -0.2) is 8.42 Å². The van der Waals surface area contributed by atoms with Gasteiger partial charge in [0, 0.05) is 38.8 Å². The van der Waals surface area contributed by atoms with E-state index in [0.29, 0.717) is 19.7 Å². The molecule has 0 amide bonds. The Morgan fingerprint density at radius 3 is 2.26 bits per heavy atom. The van der Waals surface area contributed by atoms with E-state index in [-0.39, 0.29) is 17.8 Å². The number of hydrogen-bond acceptors (Lipinski definition) is 4. The van der Waals surface area contributed by atoms with Crippen LogP contribution in [-0.2, 0) is 14.8 Å². The Morgan fingerprint density at radius 2 is 1.79 bits per heavy atom. The fourth-order valence-electron chi connectivity index (χ4n) is 2.63. The smallest absolute Gasteiger partial charge is 0.214 e. The summed E-state index contributed by atoms with van der Waals surface area (Å²) in [4.78, 5) is 2.33. The number of ether oxygens (including phenoxy) is 1. The van der Waals surface area contributed by atoms with Crippen LogP contribution >= 0.6 is 0 Å². The van der Waals surface area contributed by atoms with Crippen LogP contribution in [0, 0.1) is 0 Å². The summed E-state index contributed by atoms with van der Waals surface area (Å²) in [5.74, 6) is 0.279. The van der Waals surface area contributed by atoms with Crippen molar-refractivity contribution in [1.29, 1.82) is 0 Å². The van der Waals surface area contributed by atoms with E-state index in [4.69, 9.17) is 4.74 Å². The molecule has 0 aromatic carbocycles. The number of nitrogens with zero attached hydrogens (tertiary/aromatic N) is 2. The average molecular weight is 292 g/mol. The molecule has 114 valence electrons. The summed E-state index contributed by atoms with van der Waals surface area (Å²) < 4.78 is 31.3. The first-order valence-electron chi connectivity index (χ1n) is 7.14. The average Bonchev–Trinajstić information content (AvgIpc) is 2.35. The number of rotatable bonds is 7. The first kappa shape index (κ1) is 16.9. The van der Waals surface area contributed by atoms with Crippen LogP contribution in [0.2, 0.25) is 0 Å². The van der Waals surface area contributed by atoms with Crippen LogP contribution in [0.25, 0.3) is 0 Å². The summed E-state index contributed by atoms with van der Waals surface area (Å²) in [7, 11) is -1.38. The maximum Gasteiger partial charge on any atom is 0.214 e. The molecule has 1 fully saturated rings. The maximum atomic E-state index is 12.2. The molecule has 1 aliphatic heterocycles. The predicted octanol–water partition coefficient (Wildman–Crippen LogP) is 1.16. The summed E-state index contributed by atoms with van der Waals surface area (Å²) in [5.41, 5.74) is 0. The molecule has 0 bridgehead atoms. The number of piperazine rings is 1. The highest BCUT2D eigenvalue weighted by Crippen LogP contribution is 2.19. The molecular formula is C13H28N2O3S. The zero-order chi connectivity index (χ0) is 14.5. The minimum absolute atomic E-state index is 0.246. The monoisotopic (exact) mass is 292 g/mol. The van der Waals surface area contributed by atoms with Crippen molar-refractivity contribution in [2.24, 2.45) is 0 Å². The van der Waals surface area contributed by atoms with Crippen molar-refractivity contribution in [2.45, 2.75) is 45.7 Å². The fraction of sp³-hybridized carbons (Fsp3) is 1.00. The summed E-state index contributed by atoms with van der Waals surface area (Å²) >= 11 is 0. The van der Waals surface area contributed by atoms with Crippen molar-refractivity contribution < 1.29 is 13.2 Å². The van der Waals surface area contributed by atoms with Gasteiger partial charge in [-0.3, -0.25) is 4.90 Å². The second-order valence-corrected chi connectivity index (χ2v) is 7.50. The van der Waals surface area contributed by atoms with Gasteiger partial charge in [-0.05, 0) is 20.3 Å². The topological polar surface area (TPSA) is 49.9 Å². The molecule has 0 radical (unpaired) electrons.